The number of aromatic nitrogens is 2. The lowest BCUT2D eigenvalue weighted by Crippen LogP contribution is -2.60. The highest BCUT2D eigenvalue weighted by Crippen LogP contribution is 2.35. The van der Waals surface area contributed by atoms with Crippen LogP contribution in [-0.2, 0) is 7.05 Å². The third-order valence-corrected chi connectivity index (χ3v) is 6.88. The third kappa shape index (κ3) is 3.84. The number of amides is 1. The van der Waals surface area contributed by atoms with E-state index in [0.717, 1.165) is 42.3 Å². The molecule has 0 bridgehead atoms. The number of quaternary nitrogens is 1. The van der Waals surface area contributed by atoms with Crippen LogP contribution in [0.2, 0.25) is 0 Å². The van der Waals surface area contributed by atoms with Gasteiger partial charge in [-0.2, -0.15) is 9.37 Å². The molecule has 1 aliphatic carbocycles. The molecule has 1 fully saturated rings. The number of nitrogens with two attached hydrogens (primary N) is 1. The topological polar surface area (TPSA) is 85.0 Å². The number of rotatable bonds is 6. The molecule has 4 rings (SSSR count). The summed E-state index contributed by atoms with van der Waals surface area (Å²) in [5.74, 6) is -0.674. The van der Waals surface area contributed by atoms with Crippen molar-refractivity contribution in [2.24, 2.45) is 12.8 Å². The van der Waals surface area contributed by atoms with Crippen molar-refractivity contribution in [2.45, 2.75) is 37.8 Å². The number of nitrogens with one attached hydrogen (secondary N) is 2. The van der Waals surface area contributed by atoms with Gasteiger partial charge in [-0.1, -0.05) is 12.5 Å². The van der Waals surface area contributed by atoms with Gasteiger partial charge in [0.2, 0.25) is 5.82 Å². The fourth-order valence-electron chi connectivity index (χ4n) is 5.08. The molecule has 32 heavy (non-hydrogen) atoms. The zero-order valence-electron chi connectivity index (χ0n) is 19.2. The molecule has 0 saturated heterocycles. The number of fused-ring (bicyclic) bond motifs is 1. The fraction of sp³-hybridized carbons (Fsp3) is 0.417. The minimum absolute atomic E-state index is 0.0352. The standard InChI is InChI=1S/C24H31FN6O/c1-27-19-8-5-6-11-21(19)31(3,4)24-17(25)14-16(22(26)32)23(29-24)28-18-9-7-10-20-15(18)12-13-30(20)2/h7,9-10,12-14,19,21,27H,5-6,8,11H2,1-4H3,(H2-,26,28,29,32)/p+1. The molecule has 1 amide bonds. The molecule has 1 aromatic carbocycles. The SMILES string of the molecule is CNC1CCCCC1[N+](C)(C)c1nc(Nc2cccc3c2ccn3C)c(C(N)=O)cc1F. The van der Waals surface area contributed by atoms with E-state index < -0.39 is 11.7 Å². The van der Waals surface area contributed by atoms with Crippen LogP contribution in [0.4, 0.5) is 21.7 Å². The summed E-state index contributed by atoms with van der Waals surface area (Å²) in [6.45, 7) is 0. The number of hydrogen-bond acceptors (Lipinski definition) is 4. The van der Waals surface area contributed by atoms with Gasteiger partial charge in [-0.05, 0) is 44.2 Å². The van der Waals surface area contributed by atoms with E-state index >= 15 is 4.39 Å². The maximum atomic E-state index is 15.3. The van der Waals surface area contributed by atoms with Crippen molar-refractivity contribution in [2.75, 3.05) is 26.5 Å². The predicted octanol–water partition coefficient (Wildman–Crippen LogP) is 3.65. The highest BCUT2D eigenvalue weighted by Gasteiger charge is 2.41. The molecule has 8 heteroatoms. The number of nitrogens with zero attached hydrogens (tertiary/aromatic N) is 3. The molecular weight excluding hydrogens is 407 g/mol. The normalized spacial score (nSPS) is 19.3. The first-order valence-electron chi connectivity index (χ1n) is 11.1. The van der Waals surface area contributed by atoms with Gasteiger partial charge in [0.05, 0.1) is 25.7 Å². The van der Waals surface area contributed by atoms with Crippen molar-refractivity contribution >= 4 is 34.1 Å². The van der Waals surface area contributed by atoms with Gasteiger partial charge in [0, 0.05) is 36.3 Å². The largest absolute Gasteiger partial charge is 0.365 e. The molecule has 2 aromatic heterocycles. The summed E-state index contributed by atoms with van der Waals surface area (Å²) in [5.41, 5.74) is 7.45. The minimum Gasteiger partial charge on any atom is -0.365 e. The molecule has 0 aliphatic heterocycles. The molecule has 2 unspecified atom stereocenters. The van der Waals surface area contributed by atoms with Crippen LogP contribution < -0.4 is 20.9 Å². The highest BCUT2D eigenvalue weighted by atomic mass is 19.1. The average molecular weight is 440 g/mol. The lowest BCUT2D eigenvalue weighted by Gasteiger charge is -2.43. The van der Waals surface area contributed by atoms with Gasteiger partial charge in [-0.15, -0.1) is 0 Å². The summed E-state index contributed by atoms with van der Waals surface area (Å²) in [5, 5.41) is 7.64. The Kier molecular flexibility index (Phi) is 5.92. The summed E-state index contributed by atoms with van der Waals surface area (Å²) in [6.07, 6.45) is 6.25. The molecule has 3 aromatic rings. The maximum absolute atomic E-state index is 15.3. The lowest BCUT2D eigenvalue weighted by atomic mass is 9.88. The van der Waals surface area contributed by atoms with E-state index in [-0.39, 0.29) is 27.9 Å². The molecule has 2 atom stereocenters. The Labute approximate surface area is 188 Å². The molecule has 4 N–H and O–H groups in total. The molecular formula is C24H32FN6O+. The number of pyridine rings is 1. The summed E-state index contributed by atoms with van der Waals surface area (Å²) >= 11 is 0. The second-order valence-corrected chi connectivity index (χ2v) is 9.13. The summed E-state index contributed by atoms with van der Waals surface area (Å²) in [6, 6.07) is 9.50. The van der Waals surface area contributed by atoms with E-state index in [1.807, 2.05) is 63.2 Å². The molecule has 1 saturated carbocycles. The zero-order valence-corrected chi connectivity index (χ0v) is 19.2. The van der Waals surface area contributed by atoms with Gasteiger partial charge < -0.3 is 20.9 Å². The van der Waals surface area contributed by atoms with Crippen LogP contribution in [0.15, 0.2) is 36.5 Å². The Balaban J connectivity index is 1.80. The van der Waals surface area contributed by atoms with Crippen LogP contribution in [0.1, 0.15) is 36.0 Å². The Morgan fingerprint density at radius 3 is 2.72 bits per heavy atom. The first kappa shape index (κ1) is 22.2. The number of hydrogen-bond donors (Lipinski definition) is 3. The van der Waals surface area contributed by atoms with E-state index in [1.165, 1.54) is 6.07 Å². The fourth-order valence-corrected chi connectivity index (χ4v) is 5.08. The number of benzene rings is 1. The third-order valence-electron chi connectivity index (χ3n) is 6.88. The van der Waals surface area contributed by atoms with E-state index in [9.17, 15) is 4.79 Å². The number of likely N-dealkylation sites (N-methyl/N-ethyl adjacent to an activating group) is 2. The van der Waals surface area contributed by atoms with Gasteiger partial charge >= 0.3 is 0 Å². The number of aryl methyl sites for hydroxylation is 1. The average Bonchev–Trinajstić information content (AvgIpc) is 3.16. The van der Waals surface area contributed by atoms with Crippen molar-refractivity contribution < 1.29 is 9.18 Å². The van der Waals surface area contributed by atoms with Crippen molar-refractivity contribution in [1.29, 1.82) is 0 Å². The van der Waals surface area contributed by atoms with Crippen LogP contribution in [0.3, 0.4) is 0 Å². The van der Waals surface area contributed by atoms with Crippen molar-refractivity contribution in [1.82, 2.24) is 19.4 Å². The molecule has 1 aliphatic rings. The second kappa shape index (κ2) is 8.52. The van der Waals surface area contributed by atoms with Gasteiger partial charge in [-0.3, -0.25) is 9.28 Å². The summed E-state index contributed by atoms with van der Waals surface area (Å²) in [4.78, 5) is 16.8. The van der Waals surface area contributed by atoms with Crippen LogP contribution >= 0.6 is 0 Å². The zero-order chi connectivity index (χ0) is 23.0. The smallest absolute Gasteiger partial charge is 0.265 e. The Hall–Kier alpha value is -2.97. The number of halogens is 1. The number of carbonyl (C=O) groups is 1. The van der Waals surface area contributed by atoms with E-state index in [4.69, 9.17) is 5.73 Å². The van der Waals surface area contributed by atoms with Crippen LogP contribution in [0, 0.1) is 5.82 Å². The van der Waals surface area contributed by atoms with Crippen molar-refractivity contribution in [3.8, 4) is 0 Å². The number of carbonyl (C=O) groups excluding carboxylic acids is 1. The molecule has 0 radical (unpaired) electrons. The molecule has 2 heterocycles. The number of anilines is 2. The first-order chi connectivity index (χ1) is 15.2. The van der Waals surface area contributed by atoms with E-state index in [2.05, 4.69) is 15.6 Å². The van der Waals surface area contributed by atoms with Crippen LogP contribution in [0.5, 0.6) is 0 Å². The molecule has 0 spiro atoms. The molecule has 7 nitrogen and oxygen atoms in total. The van der Waals surface area contributed by atoms with Gasteiger partial charge in [0.15, 0.2) is 0 Å². The highest BCUT2D eigenvalue weighted by molar-refractivity contribution is 6.00. The van der Waals surface area contributed by atoms with Crippen molar-refractivity contribution in [3.63, 3.8) is 0 Å². The first-order valence-corrected chi connectivity index (χ1v) is 11.1. The monoisotopic (exact) mass is 439 g/mol. The summed E-state index contributed by atoms with van der Waals surface area (Å²) in [7, 11) is 7.89. The minimum atomic E-state index is -0.721. The van der Waals surface area contributed by atoms with E-state index in [0.29, 0.717) is 5.82 Å². The Morgan fingerprint density at radius 1 is 1.25 bits per heavy atom. The lowest BCUT2D eigenvalue weighted by molar-refractivity contribution is 0.1000. The second-order valence-electron chi connectivity index (χ2n) is 9.13. The Morgan fingerprint density at radius 2 is 2.00 bits per heavy atom. The van der Waals surface area contributed by atoms with Crippen LogP contribution in [0.25, 0.3) is 10.9 Å². The quantitative estimate of drug-likeness (QED) is 0.512. The number of primary amides is 1. The van der Waals surface area contributed by atoms with Crippen LogP contribution in [-0.4, -0.2) is 48.7 Å². The van der Waals surface area contributed by atoms with Crippen molar-refractivity contribution in [3.05, 3.63) is 47.9 Å². The van der Waals surface area contributed by atoms with Gasteiger partial charge in [-0.25, -0.2) is 0 Å². The van der Waals surface area contributed by atoms with Gasteiger partial charge in [0.1, 0.15) is 11.9 Å². The maximum Gasteiger partial charge on any atom is 0.265 e. The Bertz CT molecular complexity index is 1150. The van der Waals surface area contributed by atoms with Gasteiger partial charge in [0.25, 0.3) is 11.7 Å². The molecule has 170 valence electrons. The van der Waals surface area contributed by atoms with E-state index in [1.54, 1.807) is 0 Å². The summed E-state index contributed by atoms with van der Waals surface area (Å²) < 4.78 is 17.6. The predicted molar refractivity (Wildman–Crippen MR) is 128 cm³/mol.